The Morgan fingerprint density at radius 1 is 0.280 bits per heavy atom. The second-order valence-corrected chi connectivity index (χ2v) is 13.7. The van der Waals surface area contributed by atoms with Crippen molar-refractivity contribution in [1.29, 1.82) is 0 Å². The molecule has 2 aromatic heterocycles. The van der Waals surface area contributed by atoms with Crippen LogP contribution in [0.25, 0.3) is 110 Å². The van der Waals surface area contributed by atoms with Crippen LogP contribution >= 0.6 is 0 Å². The van der Waals surface area contributed by atoms with E-state index in [2.05, 4.69) is 179 Å². The maximum Gasteiger partial charge on any atom is 0.0619 e. The Morgan fingerprint density at radius 3 is 1.60 bits per heavy atom. The number of aromatic nitrogens is 2. The standard InChI is InChI=1S/C48H28N2/c1-3-13-34-29(10-1)20-23-40-41-24-21-30-11-2-4-14-35(30)48(41)50(47(34)40)32-22-25-45-42(27-32)38-17-7-8-19-44(38)49(45)33-26-31-12-9-18-39-36-15-5-6-16-37(36)43(28-33)46(31)39/h1-28H. The molecule has 0 saturated heterocycles. The topological polar surface area (TPSA) is 9.86 Å². The highest BCUT2D eigenvalue weighted by atomic mass is 15.0. The Hall–Kier alpha value is -6.64. The Balaban J connectivity index is 1.19. The summed E-state index contributed by atoms with van der Waals surface area (Å²) in [7, 11) is 0. The van der Waals surface area contributed by atoms with Crippen LogP contribution in [0.15, 0.2) is 170 Å². The van der Waals surface area contributed by atoms with Crippen LogP contribution in [0.4, 0.5) is 0 Å². The van der Waals surface area contributed by atoms with Gasteiger partial charge in [-0.1, -0.05) is 133 Å². The Morgan fingerprint density at radius 2 is 0.860 bits per heavy atom. The fourth-order valence-corrected chi connectivity index (χ4v) is 9.11. The molecular formula is C48H28N2. The van der Waals surface area contributed by atoms with Crippen LogP contribution in [0, 0.1) is 0 Å². The van der Waals surface area contributed by atoms with Crippen LogP contribution in [0.1, 0.15) is 0 Å². The van der Waals surface area contributed by atoms with E-state index in [1.165, 1.54) is 110 Å². The zero-order chi connectivity index (χ0) is 32.5. The lowest BCUT2D eigenvalue weighted by atomic mass is 10.0. The van der Waals surface area contributed by atoms with Crippen molar-refractivity contribution < 1.29 is 0 Å². The summed E-state index contributed by atoms with van der Waals surface area (Å²) >= 11 is 0. The van der Waals surface area contributed by atoms with Crippen molar-refractivity contribution in [2.75, 3.05) is 0 Å². The minimum absolute atomic E-state index is 1.17. The molecule has 230 valence electrons. The zero-order valence-corrected chi connectivity index (χ0v) is 27.1. The molecule has 0 saturated carbocycles. The molecule has 9 aromatic carbocycles. The van der Waals surface area contributed by atoms with Crippen LogP contribution in [-0.2, 0) is 0 Å². The van der Waals surface area contributed by atoms with Crippen molar-refractivity contribution in [3.63, 3.8) is 0 Å². The number of rotatable bonds is 2. The predicted molar refractivity (Wildman–Crippen MR) is 212 cm³/mol. The maximum atomic E-state index is 2.52. The van der Waals surface area contributed by atoms with E-state index in [4.69, 9.17) is 0 Å². The summed E-state index contributed by atoms with van der Waals surface area (Å²) in [5, 5.41) is 12.7. The lowest BCUT2D eigenvalue weighted by molar-refractivity contribution is 1.17. The lowest BCUT2D eigenvalue weighted by Gasteiger charge is -2.13. The monoisotopic (exact) mass is 632 g/mol. The van der Waals surface area contributed by atoms with Gasteiger partial charge in [0.25, 0.3) is 0 Å². The second-order valence-electron chi connectivity index (χ2n) is 13.7. The molecule has 2 heteroatoms. The van der Waals surface area contributed by atoms with Crippen LogP contribution in [-0.4, -0.2) is 9.13 Å². The van der Waals surface area contributed by atoms with Crippen molar-refractivity contribution in [2.45, 2.75) is 0 Å². The van der Waals surface area contributed by atoms with Gasteiger partial charge in [-0.15, -0.1) is 0 Å². The molecule has 50 heavy (non-hydrogen) atoms. The first-order valence-corrected chi connectivity index (χ1v) is 17.4. The molecule has 0 spiro atoms. The minimum atomic E-state index is 1.17. The molecule has 12 rings (SSSR count). The van der Waals surface area contributed by atoms with E-state index in [1.54, 1.807) is 0 Å². The first-order valence-electron chi connectivity index (χ1n) is 17.4. The lowest BCUT2D eigenvalue weighted by Crippen LogP contribution is -1.97. The third-order valence-electron chi connectivity index (χ3n) is 11.2. The first kappa shape index (κ1) is 26.3. The van der Waals surface area contributed by atoms with Crippen molar-refractivity contribution in [1.82, 2.24) is 9.13 Å². The second kappa shape index (κ2) is 9.49. The molecule has 2 heterocycles. The summed E-state index contributed by atoms with van der Waals surface area (Å²) in [6.07, 6.45) is 0. The number of benzene rings is 9. The SMILES string of the molecule is c1ccc2c(c1)-c1cccc3cc(-n4c5ccccc5c5cc(-n6c7c8ccccc8ccc7c7ccc8ccccc8c76)ccc54)cc-2c13. The smallest absolute Gasteiger partial charge is 0.0619 e. The summed E-state index contributed by atoms with van der Waals surface area (Å²) in [6.45, 7) is 0. The molecule has 0 atom stereocenters. The quantitative estimate of drug-likeness (QED) is 0.179. The van der Waals surface area contributed by atoms with Gasteiger partial charge in [0.05, 0.1) is 22.1 Å². The van der Waals surface area contributed by atoms with E-state index in [-0.39, 0.29) is 0 Å². The molecule has 2 nitrogen and oxygen atoms in total. The molecule has 0 radical (unpaired) electrons. The Kier molecular flexibility index (Phi) is 5.00. The van der Waals surface area contributed by atoms with E-state index < -0.39 is 0 Å². The van der Waals surface area contributed by atoms with Gasteiger partial charge in [-0.3, -0.25) is 0 Å². The number of para-hydroxylation sites is 1. The molecular weight excluding hydrogens is 605 g/mol. The average molecular weight is 633 g/mol. The van der Waals surface area contributed by atoms with Crippen LogP contribution in [0.3, 0.4) is 0 Å². The van der Waals surface area contributed by atoms with Crippen molar-refractivity contribution in [3.05, 3.63) is 170 Å². The highest BCUT2D eigenvalue weighted by Crippen LogP contribution is 2.49. The maximum absolute atomic E-state index is 2.52. The predicted octanol–water partition coefficient (Wildman–Crippen LogP) is 13.0. The molecule has 0 bridgehead atoms. The molecule has 0 aliphatic heterocycles. The fraction of sp³-hybridized carbons (Fsp3) is 0. The molecule has 0 fully saturated rings. The number of fused-ring (bicyclic) bond motifs is 13. The number of nitrogens with zero attached hydrogens (tertiary/aromatic N) is 2. The van der Waals surface area contributed by atoms with Crippen LogP contribution < -0.4 is 0 Å². The first-order chi connectivity index (χ1) is 24.8. The Labute approximate surface area is 287 Å². The fourth-order valence-electron chi connectivity index (χ4n) is 9.11. The molecule has 0 amide bonds. The molecule has 0 N–H and O–H groups in total. The molecule has 1 aliphatic rings. The molecule has 1 aliphatic carbocycles. The van der Waals surface area contributed by atoms with Gasteiger partial charge in [-0.2, -0.15) is 0 Å². The van der Waals surface area contributed by atoms with Crippen molar-refractivity contribution in [2.24, 2.45) is 0 Å². The van der Waals surface area contributed by atoms with Gasteiger partial charge >= 0.3 is 0 Å². The van der Waals surface area contributed by atoms with Gasteiger partial charge in [0.2, 0.25) is 0 Å². The summed E-state index contributed by atoms with van der Waals surface area (Å²) in [4.78, 5) is 0. The average Bonchev–Trinajstić information content (AvgIpc) is 3.82. The summed E-state index contributed by atoms with van der Waals surface area (Å²) in [5.74, 6) is 0. The summed E-state index contributed by atoms with van der Waals surface area (Å²) < 4.78 is 4.99. The zero-order valence-electron chi connectivity index (χ0n) is 27.1. The van der Waals surface area contributed by atoms with Gasteiger partial charge in [-0.25, -0.2) is 0 Å². The van der Waals surface area contributed by atoms with Gasteiger partial charge < -0.3 is 9.13 Å². The van der Waals surface area contributed by atoms with Crippen molar-refractivity contribution in [3.8, 4) is 33.6 Å². The molecule has 11 aromatic rings. The summed E-state index contributed by atoms with van der Waals surface area (Å²) in [6, 6.07) is 63.0. The van der Waals surface area contributed by atoms with Gasteiger partial charge in [0, 0.05) is 43.7 Å². The Bertz CT molecular complexity index is 3170. The van der Waals surface area contributed by atoms with Crippen LogP contribution in [0.2, 0.25) is 0 Å². The number of hydrogen-bond acceptors (Lipinski definition) is 0. The van der Waals surface area contributed by atoms with E-state index in [9.17, 15) is 0 Å². The normalized spacial score (nSPS) is 12.4. The van der Waals surface area contributed by atoms with Crippen LogP contribution in [0.5, 0.6) is 0 Å². The van der Waals surface area contributed by atoms with Gasteiger partial charge in [0.1, 0.15) is 0 Å². The van der Waals surface area contributed by atoms with E-state index in [0.717, 1.165) is 0 Å². The van der Waals surface area contributed by atoms with Gasteiger partial charge in [0.15, 0.2) is 0 Å². The van der Waals surface area contributed by atoms with E-state index >= 15 is 0 Å². The highest BCUT2D eigenvalue weighted by molar-refractivity contribution is 6.24. The third kappa shape index (κ3) is 3.32. The largest absolute Gasteiger partial charge is 0.309 e. The third-order valence-corrected chi connectivity index (χ3v) is 11.2. The van der Waals surface area contributed by atoms with E-state index in [0.29, 0.717) is 0 Å². The minimum Gasteiger partial charge on any atom is -0.309 e. The van der Waals surface area contributed by atoms with Gasteiger partial charge in [-0.05, 0) is 80.2 Å². The summed E-state index contributed by atoms with van der Waals surface area (Å²) in [5.41, 5.74) is 12.6. The van der Waals surface area contributed by atoms with E-state index in [1.807, 2.05) is 0 Å². The highest BCUT2D eigenvalue weighted by Gasteiger charge is 2.24. The number of hydrogen-bond donors (Lipinski definition) is 0. The molecule has 0 unspecified atom stereocenters. The van der Waals surface area contributed by atoms with Crippen molar-refractivity contribution >= 4 is 75.9 Å².